The van der Waals surface area contributed by atoms with Crippen molar-refractivity contribution < 1.29 is 19.1 Å². The lowest BCUT2D eigenvalue weighted by Gasteiger charge is -2.30. The smallest absolute Gasteiger partial charge is 0.326 e. The van der Waals surface area contributed by atoms with Crippen molar-refractivity contribution in [2.75, 3.05) is 27.4 Å². The van der Waals surface area contributed by atoms with Crippen molar-refractivity contribution in [1.29, 1.82) is 0 Å². The van der Waals surface area contributed by atoms with Crippen molar-refractivity contribution >= 4 is 11.9 Å². The first-order valence-corrected chi connectivity index (χ1v) is 10.7. The van der Waals surface area contributed by atoms with Crippen LogP contribution in [0.15, 0.2) is 18.2 Å². The van der Waals surface area contributed by atoms with E-state index in [0.717, 1.165) is 75.0 Å². The number of likely N-dealkylation sites (tertiary alicyclic amines) is 1. The third kappa shape index (κ3) is 3.68. The Morgan fingerprint density at radius 1 is 1.07 bits per heavy atom. The summed E-state index contributed by atoms with van der Waals surface area (Å²) in [6.45, 7) is 1.18. The number of amides is 3. The fraction of sp³-hybridized carbons (Fsp3) is 0.636. The van der Waals surface area contributed by atoms with Crippen LogP contribution in [0.25, 0.3) is 0 Å². The van der Waals surface area contributed by atoms with Gasteiger partial charge in [-0.2, -0.15) is 0 Å². The Morgan fingerprint density at radius 2 is 1.83 bits per heavy atom. The molecule has 1 aliphatic carbocycles. The van der Waals surface area contributed by atoms with E-state index in [4.69, 9.17) is 9.47 Å². The molecule has 1 aromatic carbocycles. The van der Waals surface area contributed by atoms with Gasteiger partial charge in [-0.1, -0.05) is 31.7 Å². The molecule has 0 bridgehead atoms. The van der Waals surface area contributed by atoms with E-state index >= 15 is 0 Å². The molecule has 3 aliphatic rings. The number of nitrogens with one attached hydrogen (secondary N) is 1. The molecule has 3 fully saturated rings. The lowest BCUT2D eigenvalue weighted by atomic mass is 9.90. The summed E-state index contributed by atoms with van der Waals surface area (Å²) in [7, 11) is 3.29. The largest absolute Gasteiger partial charge is 0.497 e. The second-order valence-electron chi connectivity index (χ2n) is 8.38. The average molecular weight is 402 g/mol. The highest BCUT2D eigenvalue weighted by Crippen LogP contribution is 2.40. The van der Waals surface area contributed by atoms with E-state index in [2.05, 4.69) is 10.2 Å². The van der Waals surface area contributed by atoms with Gasteiger partial charge in [0.05, 0.1) is 20.9 Å². The molecule has 0 aromatic heterocycles. The van der Waals surface area contributed by atoms with E-state index < -0.39 is 5.54 Å². The molecule has 4 rings (SSSR count). The van der Waals surface area contributed by atoms with Crippen LogP contribution in [0.5, 0.6) is 11.5 Å². The zero-order chi connectivity index (χ0) is 20.4. The van der Waals surface area contributed by atoms with Gasteiger partial charge in [-0.15, -0.1) is 0 Å². The molecule has 3 amide bonds. The molecule has 2 saturated heterocycles. The molecule has 1 spiro atoms. The number of urea groups is 1. The molecule has 7 heteroatoms. The van der Waals surface area contributed by atoms with Crippen molar-refractivity contribution in [3.63, 3.8) is 0 Å². The van der Waals surface area contributed by atoms with E-state index in [1.165, 1.54) is 4.90 Å². The highest BCUT2D eigenvalue weighted by Gasteiger charge is 2.51. The summed E-state index contributed by atoms with van der Waals surface area (Å²) < 4.78 is 10.9. The number of benzene rings is 1. The van der Waals surface area contributed by atoms with E-state index in [-0.39, 0.29) is 18.0 Å². The number of carbonyl (C=O) groups excluding carboxylic acids is 2. The molecule has 0 radical (unpaired) electrons. The molecule has 1 saturated carbocycles. The van der Waals surface area contributed by atoms with Crippen LogP contribution < -0.4 is 14.8 Å². The van der Waals surface area contributed by atoms with Crippen LogP contribution in [0.2, 0.25) is 0 Å². The van der Waals surface area contributed by atoms with Gasteiger partial charge in [-0.25, -0.2) is 9.69 Å². The highest BCUT2D eigenvalue weighted by molar-refractivity contribution is 6.07. The Kier molecular flexibility index (Phi) is 5.67. The fourth-order valence-electron chi connectivity index (χ4n) is 5.10. The van der Waals surface area contributed by atoms with Crippen LogP contribution in [-0.4, -0.2) is 54.7 Å². The summed E-state index contributed by atoms with van der Waals surface area (Å²) in [5, 5.41) is 3.04. The maximum atomic E-state index is 13.3. The van der Waals surface area contributed by atoms with Gasteiger partial charge in [0.2, 0.25) is 0 Å². The molecular formula is C22H31N3O4. The zero-order valence-electron chi connectivity index (χ0n) is 17.4. The Morgan fingerprint density at radius 3 is 2.52 bits per heavy atom. The number of ether oxygens (including phenoxy) is 2. The van der Waals surface area contributed by atoms with Gasteiger partial charge in [0.25, 0.3) is 5.91 Å². The van der Waals surface area contributed by atoms with Gasteiger partial charge in [0.1, 0.15) is 17.0 Å². The molecule has 2 heterocycles. The van der Waals surface area contributed by atoms with Gasteiger partial charge in [-0.05, 0) is 31.7 Å². The number of nitrogens with zero attached hydrogens (tertiary/aromatic N) is 2. The molecule has 2 aliphatic heterocycles. The topological polar surface area (TPSA) is 71.1 Å². The normalized spacial score (nSPS) is 24.6. The SMILES string of the molecule is COc1ccc([C@H]2CCCN2CN2C(=O)NC3(CCCCCC3)C2=O)c(OC)c1. The van der Waals surface area contributed by atoms with E-state index in [1.54, 1.807) is 14.2 Å². The van der Waals surface area contributed by atoms with Gasteiger partial charge in [-0.3, -0.25) is 9.69 Å². The second kappa shape index (κ2) is 8.22. The Labute approximate surface area is 172 Å². The molecule has 29 heavy (non-hydrogen) atoms. The minimum Gasteiger partial charge on any atom is -0.497 e. The number of imide groups is 1. The zero-order valence-corrected chi connectivity index (χ0v) is 17.4. The monoisotopic (exact) mass is 401 g/mol. The van der Waals surface area contributed by atoms with Gasteiger partial charge in [0.15, 0.2) is 0 Å². The van der Waals surface area contributed by atoms with Crippen molar-refractivity contribution in [3.05, 3.63) is 23.8 Å². The summed E-state index contributed by atoms with van der Waals surface area (Å²) in [4.78, 5) is 29.6. The first-order valence-electron chi connectivity index (χ1n) is 10.7. The van der Waals surface area contributed by atoms with Crippen LogP contribution in [0.1, 0.15) is 63.0 Å². The third-order valence-electron chi connectivity index (χ3n) is 6.69. The number of carbonyl (C=O) groups is 2. The Bertz CT molecular complexity index is 773. The average Bonchev–Trinajstić information content (AvgIpc) is 3.18. The Balaban J connectivity index is 1.53. The summed E-state index contributed by atoms with van der Waals surface area (Å²) in [5.41, 5.74) is 0.391. The summed E-state index contributed by atoms with van der Waals surface area (Å²) in [6.07, 6.45) is 7.76. The molecule has 1 aromatic rings. The van der Waals surface area contributed by atoms with Crippen molar-refractivity contribution in [3.8, 4) is 11.5 Å². The first kappa shape index (κ1) is 20.0. The van der Waals surface area contributed by atoms with Crippen LogP contribution in [0, 0.1) is 0 Å². The van der Waals surface area contributed by atoms with Crippen molar-refractivity contribution in [2.24, 2.45) is 0 Å². The third-order valence-corrected chi connectivity index (χ3v) is 6.69. The van der Waals surface area contributed by atoms with Crippen molar-refractivity contribution in [2.45, 2.75) is 62.9 Å². The predicted octanol–water partition coefficient (Wildman–Crippen LogP) is 3.44. The first-order chi connectivity index (χ1) is 14.1. The molecular weight excluding hydrogens is 370 g/mol. The second-order valence-corrected chi connectivity index (χ2v) is 8.38. The van der Waals surface area contributed by atoms with Crippen LogP contribution in [0.3, 0.4) is 0 Å². The maximum absolute atomic E-state index is 13.3. The van der Waals surface area contributed by atoms with Crippen molar-refractivity contribution in [1.82, 2.24) is 15.1 Å². The maximum Gasteiger partial charge on any atom is 0.326 e. The minimum atomic E-state index is -0.680. The molecule has 158 valence electrons. The quantitative estimate of drug-likeness (QED) is 0.766. The summed E-state index contributed by atoms with van der Waals surface area (Å²) >= 11 is 0. The van der Waals surface area contributed by atoms with Crippen LogP contribution in [0.4, 0.5) is 4.79 Å². The number of hydrogen-bond acceptors (Lipinski definition) is 5. The van der Waals surface area contributed by atoms with E-state index in [1.807, 2.05) is 18.2 Å². The predicted molar refractivity (Wildman–Crippen MR) is 109 cm³/mol. The van der Waals surface area contributed by atoms with Gasteiger partial charge >= 0.3 is 6.03 Å². The molecule has 0 unspecified atom stereocenters. The number of rotatable bonds is 5. The van der Waals surface area contributed by atoms with Gasteiger partial charge < -0.3 is 14.8 Å². The standard InChI is InChI=1S/C22H31N3O4/c1-28-16-9-10-17(19(14-16)29-2)18-8-7-13-24(18)15-25-20(26)22(23-21(25)27)11-5-3-4-6-12-22/h9-10,14,18H,3-8,11-13,15H2,1-2H3,(H,23,27)/t18-/m1/s1. The number of hydrogen-bond donors (Lipinski definition) is 1. The lowest BCUT2D eigenvalue weighted by molar-refractivity contribution is -0.133. The van der Waals surface area contributed by atoms with E-state index in [0.29, 0.717) is 6.67 Å². The Hall–Kier alpha value is -2.28. The van der Waals surface area contributed by atoms with Crippen LogP contribution in [-0.2, 0) is 4.79 Å². The summed E-state index contributed by atoms with van der Waals surface area (Å²) in [6, 6.07) is 5.72. The van der Waals surface area contributed by atoms with E-state index in [9.17, 15) is 9.59 Å². The van der Waals surface area contributed by atoms with Gasteiger partial charge in [0, 0.05) is 24.2 Å². The molecule has 7 nitrogen and oxygen atoms in total. The highest BCUT2D eigenvalue weighted by atomic mass is 16.5. The summed E-state index contributed by atoms with van der Waals surface area (Å²) in [5.74, 6) is 1.48. The minimum absolute atomic E-state index is 0.0447. The fourth-order valence-corrected chi connectivity index (χ4v) is 5.10. The lowest BCUT2D eigenvalue weighted by Crippen LogP contribution is -2.47. The number of methoxy groups -OCH3 is 2. The molecule has 1 N–H and O–H groups in total. The molecule has 1 atom stereocenters. The van der Waals surface area contributed by atoms with Crippen LogP contribution >= 0.6 is 0 Å².